The van der Waals surface area contributed by atoms with E-state index < -0.39 is 22.4 Å². The van der Waals surface area contributed by atoms with Crippen LogP contribution in [0.1, 0.15) is 24.8 Å². The SMILES string of the molecule is O=C1CC(Nc2ccc(C(F)(F)F)cc2[N+](=O)[O-])CN1C1CC1. The van der Waals surface area contributed by atoms with Gasteiger partial charge in [-0.2, -0.15) is 13.2 Å². The Morgan fingerprint density at radius 2 is 2.00 bits per heavy atom. The van der Waals surface area contributed by atoms with Crippen LogP contribution >= 0.6 is 0 Å². The second-order valence-electron chi connectivity index (χ2n) is 5.81. The molecule has 1 amide bonds. The molecule has 1 aromatic carbocycles. The molecular weight excluding hydrogens is 315 g/mol. The number of nitrogens with zero attached hydrogens (tertiary/aromatic N) is 2. The first-order chi connectivity index (χ1) is 10.8. The van der Waals surface area contributed by atoms with Gasteiger partial charge in [0, 0.05) is 25.1 Å². The van der Waals surface area contributed by atoms with E-state index in [2.05, 4.69) is 5.32 Å². The van der Waals surface area contributed by atoms with Gasteiger partial charge in [-0.15, -0.1) is 0 Å². The van der Waals surface area contributed by atoms with Gasteiger partial charge < -0.3 is 10.2 Å². The molecule has 0 aromatic heterocycles. The second kappa shape index (κ2) is 5.39. The maximum Gasteiger partial charge on any atom is 0.416 e. The lowest BCUT2D eigenvalue weighted by molar-refractivity contribution is -0.384. The number of anilines is 1. The van der Waals surface area contributed by atoms with E-state index in [0.717, 1.165) is 25.0 Å². The maximum atomic E-state index is 12.7. The lowest BCUT2D eigenvalue weighted by atomic mass is 10.1. The van der Waals surface area contributed by atoms with Crippen LogP contribution in [0.3, 0.4) is 0 Å². The summed E-state index contributed by atoms with van der Waals surface area (Å²) in [6.07, 6.45) is -2.54. The molecular formula is C14H14F3N3O3. The molecule has 1 unspecified atom stereocenters. The summed E-state index contributed by atoms with van der Waals surface area (Å²) in [5.41, 5.74) is -1.72. The van der Waals surface area contributed by atoms with Gasteiger partial charge in [0.25, 0.3) is 5.69 Å². The number of halogens is 3. The maximum absolute atomic E-state index is 12.7. The molecule has 3 rings (SSSR count). The molecule has 1 N–H and O–H groups in total. The number of carbonyl (C=O) groups is 1. The molecule has 1 atom stereocenters. The first kappa shape index (κ1) is 15.6. The molecule has 1 aromatic rings. The number of carbonyl (C=O) groups excluding carboxylic acids is 1. The highest BCUT2D eigenvalue weighted by molar-refractivity contribution is 5.81. The minimum Gasteiger partial charge on any atom is -0.374 e. The third-order valence-electron chi connectivity index (χ3n) is 4.03. The number of amides is 1. The minimum atomic E-state index is -4.64. The largest absolute Gasteiger partial charge is 0.416 e. The van der Waals surface area contributed by atoms with Crippen molar-refractivity contribution in [1.29, 1.82) is 0 Å². The third-order valence-corrected chi connectivity index (χ3v) is 4.03. The Balaban J connectivity index is 1.79. The summed E-state index contributed by atoms with van der Waals surface area (Å²) in [6.45, 7) is 0.418. The van der Waals surface area contributed by atoms with Crippen LogP contribution in [0, 0.1) is 10.1 Å². The van der Waals surface area contributed by atoms with Gasteiger partial charge in [0.05, 0.1) is 16.5 Å². The van der Waals surface area contributed by atoms with Crippen LogP contribution in [-0.4, -0.2) is 34.4 Å². The van der Waals surface area contributed by atoms with Gasteiger partial charge in [0.2, 0.25) is 5.91 Å². The van der Waals surface area contributed by atoms with E-state index >= 15 is 0 Å². The van der Waals surface area contributed by atoms with Gasteiger partial charge in [0.1, 0.15) is 5.69 Å². The van der Waals surface area contributed by atoms with Crippen molar-refractivity contribution in [3.8, 4) is 0 Å². The molecule has 124 valence electrons. The summed E-state index contributed by atoms with van der Waals surface area (Å²) in [5.74, 6) is -0.0282. The van der Waals surface area contributed by atoms with Crippen molar-refractivity contribution in [3.05, 3.63) is 33.9 Å². The summed E-state index contributed by atoms with van der Waals surface area (Å²) in [6, 6.07) is 2.27. The van der Waals surface area contributed by atoms with Crippen molar-refractivity contribution in [2.24, 2.45) is 0 Å². The van der Waals surface area contributed by atoms with Crippen LogP contribution < -0.4 is 5.32 Å². The Morgan fingerprint density at radius 3 is 2.57 bits per heavy atom. The minimum absolute atomic E-state index is 0.00144. The summed E-state index contributed by atoms with van der Waals surface area (Å²) >= 11 is 0. The van der Waals surface area contributed by atoms with Gasteiger partial charge in [0.15, 0.2) is 0 Å². The van der Waals surface area contributed by atoms with Crippen LogP contribution in [0.5, 0.6) is 0 Å². The number of likely N-dealkylation sites (tertiary alicyclic amines) is 1. The second-order valence-corrected chi connectivity index (χ2v) is 5.81. The third kappa shape index (κ3) is 3.22. The Kier molecular flexibility index (Phi) is 3.65. The van der Waals surface area contributed by atoms with E-state index in [9.17, 15) is 28.1 Å². The van der Waals surface area contributed by atoms with E-state index in [-0.39, 0.29) is 30.1 Å². The average Bonchev–Trinajstić information content (AvgIpc) is 3.22. The monoisotopic (exact) mass is 329 g/mol. The first-order valence-corrected chi connectivity index (χ1v) is 7.17. The number of nitro benzene ring substituents is 1. The van der Waals surface area contributed by atoms with Crippen molar-refractivity contribution in [2.45, 2.75) is 37.5 Å². The van der Waals surface area contributed by atoms with Crippen LogP contribution in [0.25, 0.3) is 0 Å². The molecule has 2 aliphatic rings. The first-order valence-electron chi connectivity index (χ1n) is 7.17. The zero-order valence-corrected chi connectivity index (χ0v) is 12.0. The summed E-state index contributed by atoms with van der Waals surface area (Å²) in [7, 11) is 0. The standard InChI is InChI=1S/C14H14F3N3O3/c15-14(16,17)8-1-4-11(12(5-8)20(22)23)18-9-6-13(21)19(7-9)10-2-3-10/h1,4-5,9-10,18H,2-3,6-7H2. The summed E-state index contributed by atoms with van der Waals surface area (Å²) in [4.78, 5) is 23.8. The smallest absolute Gasteiger partial charge is 0.374 e. The van der Waals surface area contributed by atoms with Crippen LogP contribution in [0.4, 0.5) is 24.5 Å². The quantitative estimate of drug-likeness (QED) is 0.681. The zero-order chi connectivity index (χ0) is 16.8. The molecule has 1 aliphatic carbocycles. The van der Waals surface area contributed by atoms with Gasteiger partial charge >= 0.3 is 6.18 Å². The number of rotatable bonds is 4. The van der Waals surface area contributed by atoms with Crippen molar-refractivity contribution < 1.29 is 22.9 Å². The topological polar surface area (TPSA) is 75.5 Å². The normalized spacial score (nSPS) is 21.6. The number of alkyl halides is 3. The summed E-state index contributed by atoms with van der Waals surface area (Å²) in [5, 5.41) is 13.9. The molecule has 23 heavy (non-hydrogen) atoms. The van der Waals surface area contributed by atoms with Crippen molar-refractivity contribution in [1.82, 2.24) is 4.90 Å². The number of hydrogen-bond donors (Lipinski definition) is 1. The van der Waals surface area contributed by atoms with Gasteiger partial charge in [-0.25, -0.2) is 0 Å². The van der Waals surface area contributed by atoms with E-state index in [1.165, 1.54) is 0 Å². The van der Waals surface area contributed by atoms with E-state index in [4.69, 9.17) is 0 Å². The van der Waals surface area contributed by atoms with Crippen LogP contribution in [-0.2, 0) is 11.0 Å². The Hall–Kier alpha value is -2.32. The predicted molar refractivity (Wildman–Crippen MR) is 74.9 cm³/mol. The molecule has 2 fully saturated rings. The highest BCUT2D eigenvalue weighted by Gasteiger charge is 2.40. The Morgan fingerprint density at radius 1 is 1.30 bits per heavy atom. The zero-order valence-electron chi connectivity index (χ0n) is 12.0. The van der Waals surface area contributed by atoms with Gasteiger partial charge in [-0.3, -0.25) is 14.9 Å². The molecule has 1 heterocycles. The fraction of sp³-hybridized carbons (Fsp3) is 0.500. The molecule has 9 heteroatoms. The molecule has 1 saturated heterocycles. The van der Waals surface area contributed by atoms with Gasteiger partial charge in [-0.1, -0.05) is 0 Å². The van der Waals surface area contributed by atoms with Crippen molar-refractivity contribution in [3.63, 3.8) is 0 Å². The molecule has 1 aliphatic heterocycles. The molecule has 6 nitrogen and oxygen atoms in total. The van der Waals surface area contributed by atoms with Crippen molar-refractivity contribution in [2.75, 3.05) is 11.9 Å². The predicted octanol–water partition coefficient (Wildman–Crippen LogP) is 2.79. The fourth-order valence-corrected chi connectivity index (χ4v) is 2.77. The lowest BCUT2D eigenvalue weighted by Gasteiger charge is -2.17. The highest BCUT2D eigenvalue weighted by atomic mass is 19.4. The molecule has 0 radical (unpaired) electrons. The Labute approximate surface area is 129 Å². The number of benzene rings is 1. The lowest BCUT2D eigenvalue weighted by Crippen LogP contribution is -2.29. The Bertz CT molecular complexity index is 658. The van der Waals surface area contributed by atoms with E-state index in [1.54, 1.807) is 4.90 Å². The number of hydrogen-bond acceptors (Lipinski definition) is 4. The summed E-state index contributed by atoms with van der Waals surface area (Å²) < 4.78 is 38.0. The van der Waals surface area contributed by atoms with E-state index in [1.807, 2.05) is 0 Å². The van der Waals surface area contributed by atoms with Crippen molar-refractivity contribution >= 4 is 17.3 Å². The molecule has 0 spiro atoms. The number of nitro groups is 1. The van der Waals surface area contributed by atoms with E-state index in [0.29, 0.717) is 12.6 Å². The fourth-order valence-electron chi connectivity index (χ4n) is 2.77. The molecule has 1 saturated carbocycles. The van der Waals surface area contributed by atoms with Crippen LogP contribution in [0.15, 0.2) is 18.2 Å². The highest BCUT2D eigenvalue weighted by Crippen LogP contribution is 2.36. The van der Waals surface area contributed by atoms with Crippen LogP contribution in [0.2, 0.25) is 0 Å². The number of nitrogens with one attached hydrogen (secondary N) is 1. The van der Waals surface area contributed by atoms with Gasteiger partial charge in [-0.05, 0) is 25.0 Å². The molecule has 0 bridgehead atoms. The average molecular weight is 329 g/mol.